The topological polar surface area (TPSA) is 98.8 Å². The molecular weight excluding hydrogens is 394 g/mol. The maximum absolute atomic E-state index is 12.3. The number of esters is 1. The van der Waals surface area contributed by atoms with Gasteiger partial charge < -0.3 is 9.47 Å². The molecule has 0 spiro atoms. The highest BCUT2D eigenvalue weighted by Crippen LogP contribution is 2.18. The summed E-state index contributed by atoms with van der Waals surface area (Å²) in [4.78, 5) is 24.2. The molecule has 0 radical (unpaired) electrons. The van der Waals surface area contributed by atoms with E-state index >= 15 is 0 Å². The highest BCUT2D eigenvalue weighted by atomic mass is 35.5. The van der Waals surface area contributed by atoms with Crippen LogP contribution in [0.3, 0.4) is 0 Å². The van der Waals surface area contributed by atoms with Crippen LogP contribution >= 0.6 is 11.6 Å². The van der Waals surface area contributed by atoms with Gasteiger partial charge in [-0.3, -0.25) is 9.59 Å². The van der Waals surface area contributed by atoms with Gasteiger partial charge in [-0.05, 0) is 37.3 Å². The lowest BCUT2D eigenvalue weighted by Gasteiger charge is -2.14. The number of rotatable bonds is 8. The standard InChI is InChI=1S/C18H18ClNO6S/c1-12(20-27(23,24)14-7-5-6-13(19)10-14)18(22)26-11-16(21)15-8-3-4-9-17(15)25-2/h3-10,12,20H,11H2,1-2H3/t12-/m0/s1. The minimum absolute atomic E-state index is 0.0836. The summed E-state index contributed by atoms with van der Waals surface area (Å²) < 4.78 is 36.8. The summed E-state index contributed by atoms with van der Waals surface area (Å²) >= 11 is 5.79. The van der Waals surface area contributed by atoms with E-state index < -0.39 is 34.4 Å². The van der Waals surface area contributed by atoms with E-state index in [1.807, 2.05) is 0 Å². The van der Waals surface area contributed by atoms with Crippen LogP contribution in [0.4, 0.5) is 0 Å². The Hall–Kier alpha value is -2.42. The maximum atomic E-state index is 12.3. The van der Waals surface area contributed by atoms with Crippen molar-refractivity contribution in [3.63, 3.8) is 0 Å². The van der Waals surface area contributed by atoms with E-state index in [4.69, 9.17) is 21.1 Å². The number of para-hydroxylation sites is 1. The first kappa shape index (κ1) is 20.9. The van der Waals surface area contributed by atoms with E-state index in [1.165, 1.54) is 38.3 Å². The number of benzene rings is 2. The molecule has 0 heterocycles. The number of nitrogens with one attached hydrogen (secondary N) is 1. The number of hydrogen-bond donors (Lipinski definition) is 1. The lowest BCUT2D eigenvalue weighted by Crippen LogP contribution is -2.40. The number of carbonyl (C=O) groups is 2. The van der Waals surface area contributed by atoms with Gasteiger partial charge in [0.15, 0.2) is 6.61 Å². The fraction of sp³-hybridized carbons (Fsp3) is 0.222. The van der Waals surface area contributed by atoms with Crippen molar-refractivity contribution in [2.45, 2.75) is 17.9 Å². The number of methoxy groups -OCH3 is 1. The van der Waals surface area contributed by atoms with E-state index in [2.05, 4.69) is 4.72 Å². The first-order valence-corrected chi connectivity index (χ1v) is 9.71. The molecule has 0 aliphatic rings. The second-order valence-electron chi connectivity index (χ2n) is 5.53. The monoisotopic (exact) mass is 411 g/mol. The third-order valence-electron chi connectivity index (χ3n) is 3.54. The van der Waals surface area contributed by atoms with Crippen LogP contribution in [0.25, 0.3) is 0 Å². The molecule has 1 N–H and O–H groups in total. The SMILES string of the molecule is COc1ccccc1C(=O)COC(=O)[C@H](C)NS(=O)(=O)c1cccc(Cl)c1. The average Bonchev–Trinajstić information content (AvgIpc) is 2.65. The molecule has 0 unspecified atom stereocenters. The van der Waals surface area contributed by atoms with Crippen LogP contribution in [0.1, 0.15) is 17.3 Å². The smallest absolute Gasteiger partial charge is 0.324 e. The highest BCUT2D eigenvalue weighted by molar-refractivity contribution is 7.89. The van der Waals surface area contributed by atoms with Gasteiger partial charge in [-0.2, -0.15) is 4.72 Å². The third-order valence-corrected chi connectivity index (χ3v) is 5.32. The van der Waals surface area contributed by atoms with Crippen LogP contribution in [0.5, 0.6) is 5.75 Å². The second kappa shape index (κ2) is 8.98. The zero-order valence-corrected chi connectivity index (χ0v) is 16.2. The molecule has 0 aliphatic heterocycles. The Balaban J connectivity index is 1.98. The molecule has 7 nitrogen and oxygen atoms in total. The molecule has 0 amide bonds. The Morgan fingerprint density at radius 3 is 2.52 bits per heavy atom. The molecule has 9 heteroatoms. The fourth-order valence-corrected chi connectivity index (χ4v) is 3.69. The van der Waals surface area contributed by atoms with Crippen molar-refractivity contribution < 1.29 is 27.5 Å². The zero-order chi connectivity index (χ0) is 20.0. The predicted octanol–water partition coefficient (Wildman–Crippen LogP) is 2.44. The Labute approximate surface area is 162 Å². The van der Waals surface area contributed by atoms with E-state index in [1.54, 1.807) is 24.3 Å². The minimum Gasteiger partial charge on any atom is -0.496 e. The van der Waals surface area contributed by atoms with Crippen LogP contribution in [0.15, 0.2) is 53.4 Å². The van der Waals surface area contributed by atoms with Gasteiger partial charge in [0.25, 0.3) is 0 Å². The van der Waals surface area contributed by atoms with Crippen LogP contribution < -0.4 is 9.46 Å². The number of hydrogen-bond acceptors (Lipinski definition) is 6. The molecule has 0 bridgehead atoms. The van der Waals surface area contributed by atoms with Crippen molar-refractivity contribution in [1.29, 1.82) is 0 Å². The summed E-state index contributed by atoms with van der Waals surface area (Å²) in [6.45, 7) is 0.778. The van der Waals surface area contributed by atoms with Crippen molar-refractivity contribution >= 4 is 33.4 Å². The zero-order valence-electron chi connectivity index (χ0n) is 14.6. The number of ketones is 1. The van der Waals surface area contributed by atoms with Gasteiger partial charge >= 0.3 is 5.97 Å². The van der Waals surface area contributed by atoms with Gasteiger partial charge in [-0.25, -0.2) is 8.42 Å². The van der Waals surface area contributed by atoms with Crippen molar-refractivity contribution in [2.75, 3.05) is 13.7 Å². The van der Waals surface area contributed by atoms with Gasteiger partial charge in [0, 0.05) is 5.02 Å². The van der Waals surface area contributed by atoms with Crippen LogP contribution in [-0.2, 0) is 19.6 Å². The van der Waals surface area contributed by atoms with Gasteiger partial charge in [0.1, 0.15) is 11.8 Å². The second-order valence-corrected chi connectivity index (χ2v) is 7.68. The normalized spacial score (nSPS) is 12.3. The first-order valence-electron chi connectivity index (χ1n) is 7.85. The van der Waals surface area contributed by atoms with Gasteiger partial charge in [-0.1, -0.05) is 29.8 Å². The van der Waals surface area contributed by atoms with Crippen molar-refractivity contribution in [1.82, 2.24) is 4.72 Å². The van der Waals surface area contributed by atoms with E-state index in [-0.39, 0.29) is 15.5 Å². The van der Waals surface area contributed by atoms with Gasteiger partial charge in [0.05, 0.1) is 17.6 Å². The lowest BCUT2D eigenvalue weighted by atomic mass is 10.1. The van der Waals surface area contributed by atoms with Crippen LogP contribution in [-0.4, -0.2) is 39.9 Å². The Kier molecular flexibility index (Phi) is 6.95. The maximum Gasteiger partial charge on any atom is 0.324 e. The number of carbonyl (C=O) groups excluding carboxylic acids is 2. The first-order chi connectivity index (χ1) is 12.7. The van der Waals surface area contributed by atoms with Crippen molar-refractivity contribution in [2.24, 2.45) is 0 Å². The Bertz CT molecular complexity index is 944. The fourth-order valence-electron chi connectivity index (χ4n) is 2.20. The molecular formula is C18H18ClNO6S. The largest absolute Gasteiger partial charge is 0.496 e. The van der Waals surface area contributed by atoms with Gasteiger partial charge in [0.2, 0.25) is 15.8 Å². The number of halogens is 1. The van der Waals surface area contributed by atoms with Crippen LogP contribution in [0.2, 0.25) is 5.02 Å². The van der Waals surface area contributed by atoms with Crippen molar-refractivity contribution in [3.05, 3.63) is 59.1 Å². The van der Waals surface area contributed by atoms with Crippen molar-refractivity contribution in [3.8, 4) is 5.75 Å². The third kappa shape index (κ3) is 5.53. The number of ether oxygens (including phenoxy) is 2. The quantitative estimate of drug-likeness (QED) is 0.529. The summed E-state index contributed by atoms with van der Waals surface area (Å²) in [6, 6.07) is 10.9. The number of Topliss-reactive ketones (excluding diaryl/α,β-unsaturated/α-hetero) is 1. The predicted molar refractivity (Wildman–Crippen MR) is 99.5 cm³/mol. The average molecular weight is 412 g/mol. The summed E-state index contributed by atoms with van der Waals surface area (Å²) in [5.41, 5.74) is 0.264. The summed E-state index contributed by atoms with van der Waals surface area (Å²) in [5.74, 6) is -0.997. The molecule has 0 fully saturated rings. The molecule has 0 aromatic heterocycles. The Morgan fingerprint density at radius 2 is 1.85 bits per heavy atom. The summed E-state index contributed by atoms with van der Waals surface area (Å²) in [5, 5.41) is 0.246. The van der Waals surface area contributed by atoms with E-state index in [0.29, 0.717) is 5.75 Å². The molecule has 2 rings (SSSR count). The molecule has 144 valence electrons. The molecule has 0 saturated carbocycles. The van der Waals surface area contributed by atoms with E-state index in [0.717, 1.165) is 0 Å². The molecule has 0 aliphatic carbocycles. The van der Waals surface area contributed by atoms with E-state index in [9.17, 15) is 18.0 Å². The lowest BCUT2D eigenvalue weighted by molar-refractivity contribution is -0.144. The molecule has 1 atom stereocenters. The minimum atomic E-state index is -3.97. The molecule has 0 saturated heterocycles. The van der Waals surface area contributed by atoms with Crippen LogP contribution in [0, 0.1) is 0 Å². The Morgan fingerprint density at radius 1 is 1.15 bits per heavy atom. The molecule has 27 heavy (non-hydrogen) atoms. The summed E-state index contributed by atoms with van der Waals surface area (Å²) in [6.07, 6.45) is 0. The number of sulfonamides is 1. The molecule has 2 aromatic carbocycles. The van der Waals surface area contributed by atoms with Gasteiger partial charge in [-0.15, -0.1) is 0 Å². The summed E-state index contributed by atoms with van der Waals surface area (Å²) in [7, 11) is -2.55. The molecule has 2 aromatic rings. The highest BCUT2D eigenvalue weighted by Gasteiger charge is 2.24.